The molecule has 0 bridgehead atoms. The van der Waals surface area contributed by atoms with Crippen molar-refractivity contribution in [1.82, 2.24) is 0 Å². The second-order valence-electron chi connectivity index (χ2n) is 3.39. The normalized spacial score (nSPS) is 47.1. The average Bonchev–Trinajstić information content (AvgIpc) is 2.54. The summed E-state index contributed by atoms with van der Waals surface area (Å²) in [5, 5.41) is 11.2. The van der Waals surface area contributed by atoms with E-state index in [1.54, 1.807) is 0 Å². The molecule has 2 aliphatic rings. The molecule has 2 heteroatoms. The van der Waals surface area contributed by atoms with E-state index in [2.05, 4.69) is 11.8 Å². The van der Waals surface area contributed by atoms with Crippen molar-refractivity contribution < 1.29 is 5.11 Å². The lowest BCUT2D eigenvalue weighted by molar-refractivity contribution is 0.148. The highest BCUT2D eigenvalue weighted by atomic mass is 32.2. The van der Waals surface area contributed by atoms with E-state index >= 15 is 0 Å². The molecule has 0 radical (unpaired) electrons. The van der Waals surface area contributed by atoms with E-state index in [1.165, 1.54) is 19.3 Å². The molecule has 2 rings (SSSR count). The fourth-order valence-electron chi connectivity index (χ4n) is 1.75. The SMILES string of the molecule is O[C@H]1CCCC[C@@H]2S[C@@H]2C1. The van der Waals surface area contributed by atoms with Crippen LogP contribution in [0.25, 0.3) is 0 Å². The van der Waals surface area contributed by atoms with Gasteiger partial charge in [-0.05, 0) is 19.3 Å². The Labute approximate surface area is 66.2 Å². The molecule has 0 aromatic heterocycles. The Morgan fingerprint density at radius 1 is 1.10 bits per heavy atom. The maximum Gasteiger partial charge on any atom is 0.0551 e. The Morgan fingerprint density at radius 2 is 1.90 bits per heavy atom. The Morgan fingerprint density at radius 3 is 2.80 bits per heavy atom. The first-order valence-electron chi connectivity index (χ1n) is 4.20. The molecule has 1 saturated heterocycles. The first-order chi connectivity index (χ1) is 4.86. The van der Waals surface area contributed by atoms with Crippen LogP contribution in [0.1, 0.15) is 32.1 Å². The van der Waals surface area contributed by atoms with Crippen molar-refractivity contribution in [1.29, 1.82) is 0 Å². The van der Waals surface area contributed by atoms with Gasteiger partial charge in [0.1, 0.15) is 0 Å². The number of aliphatic hydroxyl groups excluding tert-OH is 1. The second-order valence-corrected chi connectivity index (χ2v) is 4.87. The highest BCUT2D eigenvalue weighted by Crippen LogP contribution is 2.48. The first kappa shape index (κ1) is 6.99. The van der Waals surface area contributed by atoms with E-state index in [-0.39, 0.29) is 6.10 Å². The molecule has 1 saturated carbocycles. The summed E-state index contributed by atoms with van der Waals surface area (Å²) >= 11 is 2.07. The van der Waals surface area contributed by atoms with Gasteiger partial charge < -0.3 is 5.11 Å². The standard InChI is InChI=1S/C8H14OS/c9-6-3-1-2-4-7-8(5-6)10-7/h6-9H,1-5H2/t6-,7-,8+/m0/s1. The van der Waals surface area contributed by atoms with Gasteiger partial charge in [-0.25, -0.2) is 0 Å². The van der Waals surface area contributed by atoms with Crippen molar-refractivity contribution in [3.8, 4) is 0 Å². The number of hydrogen-bond donors (Lipinski definition) is 1. The highest BCUT2D eigenvalue weighted by molar-refractivity contribution is 8.07. The van der Waals surface area contributed by atoms with E-state index in [0.717, 1.165) is 23.3 Å². The molecule has 0 amide bonds. The summed E-state index contributed by atoms with van der Waals surface area (Å²) in [5.41, 5.74) is 0. The van der Waals surface area contributed by atoms with Crippen LogP contribution in [-0.4, -0.2) is 21.7 Å². The topological polar surface area (TPSA) is 20.2 Å². The summed E-state index contributed by atoms with van der Waals surface area (Å²) in [5.74, 6) is 0. The van der Waals surface area contributed by atoms with Gasteiger partial charge in [-0.2, -0.15) is 11.8 Å². The Balaban J connectivity index is 1.85. The smallest absolute Gasteiger partial charge is 0.0551 e. The molecule has 3 atom stereocenters. The predicted octanol–water partition coefficient (Wildman–Crippen LogP) is 1.80. The van der Waals surface area contributed by atoms with Crippen molar-refractivity contribution in [3.05, 3.63) is 0 Å². The third kappa shape index (κ3) is 1.48. The van der Waals surface area contributed by atoms with E-state index in [4.69, 9.17) is 0 Å². The molecule has 0 spiro atoms. The van der Waals surface area contributed by atoms with Gasteiger partial charge in [0.15, 0.2) is 0 Å². The maximum atomic E-state index is 9.40. The molecule has 58 valence electrons. The van der Waals surface area contributed by atoms with Gasteiger partial charge in [0.25, 0.3) is 0 Å². The van der Waals surface area contributed by atoms with Crippen LogP contribution in [0.15, 0.2) is 0 Å². The van der Waals surface area contributed by atoms with E-state index < -0.39 is 0 Å². The number of rotatable bonds is 0. The molecule has 10 heavy (non-hydrogen) atoms. The molecular weight excluding hydrogens is 144 g/mol. The minimum absolute atomic E-state index is 0.0165. The minimum atomic E-state index is 0.0165. The third-order valence-corrected chi connectivity index (χ3v) is 3.94. The average molecular weight is 158 g/mol. The van der Waals surface area contributed by atoms with Crippen LogP contribution >= 0.6 is 11.8 Å². The van der Waals surface area contributed by atoms with Gasteiger partial charge in [0.05, 0.1) is 6.10 Å². The maximum absolute atomic E-state index is 9.40. The fraction of sp³-hybridized carbons (Fsp3) is 1.00. The summed E-state index contributed by atoms with van der Waals surface area (Å²) in [7, 11) is 0. The molecule has 0 unspecified atom stereocenters. The van der Waals surface area contributed by atoms with Crippen molar-refractivity contribution in [2.75, 3.05) is 0 Å². The lowest BCUT2D eigenvalue weighted by Crippen LogP contribution is -2.13. The van der Waals surface area contributed by atoms with E-state index in [1.807, 2.05) is 0 Å². The number of aliphatic hydroxyl groups is 1. The Hall–Kier alpha value is 0.310. The quantitative estimate of drug-likeness (QED) is 0.542. The zero-order valence-electron chi connectivity index (χ0n) is 6.12. The number of thioether (sulfide) groups is 1. The molecule has 1 aliphatic heterocycles. The number of hydrogen-bond acceptors (Lipinski definition) is 2. The van der Waals surface area contributed by atoms with Gasteiger partial charge in [0.2, 0.25) is 0 Å². The van der Waals surface area contributed by atoms with Crippen LogP contribution in [0.4, 0.5) is 0 Å². The Bertz CT molecular complexity index is 126. The van der Waals surface area contributed by atoms with E-state index in [9.17, 15) is 5.11 Å². The Kier molecular flexibility index (Phi) is 1.92. The van der Waals surface area contributed by atoms with Gasteiger partial charge in [-0.1, -0.05) is 12.8 Å². The van der Waals surface area contributed by atoms with Crippen molar-refractivity contribution >= 4 is 11.8 Å². The summed E-state index contributed by atoms with van der Waals surface area (Å²) in [4.78, 5) is 0. The van der Waals surface area contributed by atoms with E-state index in [0.29, 0.717) is 0 Å². The molecular formula is C8H14OS. The van der Waals surface area contributed by atoms with Gasteiger partial charge in [0, 0.05) is 10.5 Å². The molecule has 1 nitrogen and oxygen atoms in total. The third-order valence-electron chi connectivity index (χ3n) is 2.47. The van der Waals surface area contributed by atoms with Crippen LogP contribution in [-0.2, 0) is 0 Å². The number of fused-ring (bicyclic) bond motifs is 1. The molecule has 0 aromatic rings. The van der Waals surface area contributed by atoms with Gasteiger partial charge >= 0.3 is 0 Å². The lowest BCUT2D eigenvalue weighted by atomic mass is 9.99. The highest BCUT2D eigenvalue weighted by Gasteiger charge is 2.39. The van der Waals surface area contributed by atoms with Crippen LogP contribution in [0.3, 0.4) is 0 Å². The monoisotopic (exact) mass is 158 g/mol. The molecule has 1 heterocycles. The van der Waals surface area contributed by atoms with Crippen LogP contribution in [0.5, 0.6) is 0 Å². The van der Waals surface area contributed by atoms with Crippen LogP contribution in [0.2, 0.25) is 0 Å². The molecule has 1 aliphatic carbocycles. The van der Waals surface area contributed by atoms with Crippen LogP contribution in [0, 0.1) is 0 Å². The molecule has 0 aromatic carbocycles. The second kappa shape index (κ2) is 2.74. The van der Waals surface area contributed by atoms with Crippen LogP contribution < -0.4 is 0 Å². The van der Waals surface area contributed by atoms with Crippen molar-refractivity contribution in [3.63, 3.8) is 0 Å². The molecule has 2 fully saturated rings. The fourth-order valence-corrected chi connectivity index (χ4v) is 2.99. The predicted molar refractivity (Wildman–Crippen MR) is 44.3 cm³/mol. The summed E-state index contributed by atoms with van der Waals surface area (Å²) in [6, 6.07) is 0. The van der Waals surface area contributed by atoms with Gasteiger partial charge in [-0.15, -0.1) is 0 Å². The summed E-state index contributed by atoms with van der Waals surface area (Å²) < 4.78 is 0. The summed E-state index contributed by atoms with van der Waals surface area (Å²) in [6.45, 7) is 0. The largest absolute Gasteiger partial charge is 0.393 e. The summed E-state index contributed by atoms with van der Waals surface area (Å²) in [6.07, 6.45) is 6.11. The van der Waals surface area contributed by atoms with Crippen molar-refractivity contribution in [2.45, 2.75) is 48.7 Å². The lowest BCUT2D eigenvalue weighted by Gasteiger charge is -2.11. The minimum Gasteiger partial charge on any atom is -0.393 e. The molecule has 1 N–H and O–H groups in total. The first-order valence-corrected chi connectivity index (χ1v) is 5.14. The zero-order chi connectivity index (χ0) is 6.97. The van der Waals surface area contributed by atoms with Gasteiger partial charge in [-0.3, -0.25) is 0 Å². The van der Waals surface area contributed by atoms with Crippen molar-refractivity contribution in [2.24, 2.45) is 0 Å². The zero-order valence-corrected chi connectivity index (χ0v) is 6.94.